The summed E-state index contributed by atoms with van der Waals surface area (Å²) in [5.41, 5.74) is -14.6. The standard InChI is InChI=1S/C40H18N8O16.Fe/c49-33(50)17-13-15(19(35(53)54)23(39(61)62)21(17)37(57)58)31-46-29(13)44-27-11-7-3-1-5-9(11)25(42-27)41-26-10-6-2-4-8-12(10)28(43-26)45-30-14-16(32(47-30)48-31)20(36(55)56)24(40(63)64)22(38(59)60)18(14)34(51)52;/h1-8H,(H,49,50)(H,51,52)(H,53,54)(H,55,56)(H,57,58)(H,59,60)(H,61,62)(H,63,64)(H2,41,42,43,44,45,46,47,48);/q;+2. The van der Waals surface area contributed by atoms with E-state index in [1.807, 2.05) is 0 Å². The number of benzene rings is 4. The van der Waals surface area contributed by atoms with Gasteiger partial charge in [-0.1, -0.05) is 48.5 Å². The smallest absolute Gasteiger partial charge is 0.478 e. The van der Waals surface area contributed by atoms with Gasteiger partial charge in [0.1, 0.15) is 22.6 Å². The van der Waals surface area contributed by atoms with Crippen LogP contribution in [0.4, 0.5) is 0 Å². The minimum atomic E-state index is -2.24. The zero-order chi connectivity index (χ0) is 45.8. The van der Waals surface area contributed by atoms with Crippen molar-refractivity contribution in [1.29, 1.82) is 0 Å². The molecular weight excluding hydrogens is 904 g/mol. The second-order valence-electron chi connectivity index (χ2n) is 13.6. The Hall–Kier alpha value is -9.48. The van der Waals surface area contributed by atoms with Gasteiger partial charge < -0.3 is 50.8 Å². The van der Waals surface area contributed by atoms with E-state index in [2.05, 4.69) is 39.9 Å². The van der Waals surface area contributed by atoms with E-state index in [1.54, 1.807) is 42.5 Å². The van der Waals surface area contributed by atoms with Crippen molar-refractivity contribution in [3.05, 3.63) is 93.0 Å². The third-order valence-corrected chi connectivity index (χ3v) is 10.2. The van der Waals surface area contributed by atoms with Crippen LogP contribution in [-0.4, -0.2) is 128 Å². The first kappa shape index (κ1) is 42.2. The Labute approximate surface area is 365 Å². The van der Waals surface area contributed by atoms with Gasteiger partial charge in [0, 0.05) is 43.8 Å². The van der Waals surface area contributed by atoms with Crippen molar-refractivity contribution in [2.75, 3.05) is 0 Å². The second kappa shape index (κ2) is 14.9. The molecule has 0 saturated heterocycles. The third-order valence-electron chi connectivity index (χ3n) is 10.2. The van der Waals surface area contributed by atoms with Crippen LogP contribution in [0.2, 0.25) is 0 Å². The first-order chi connectivity index (χ1) is 30.4. The zero-order valence-corrected chi connectivity index (χ0v) is 32.6. The normalized spacial score (nSPS) is 11.3. The molecule has 0 unspecified atom stereocenters. The molecule has 7 aromatic rings. The molecule has 320 valence electrons. The average Bonchev–Trinajstić information content (AvgIpc) is 3.97. The van der Waals surface area contributed by atoms with Crippen LogP contribution < -0.4 is 0 Å². The topological polar surface area (TPSA) is 407 Å². The Morgan fingerprint density at radius 3 is 0.985 bits per heavy atom. The maximum atomic E-state index is 13.1. The number of hydrogen-bond acceptors (Lipinski definition) is 14. The summed E-state index contributed by atoms with van der Waals surface area (Å²) >= 11 is 0. The Kier molecular flexibility index (Phi) is 9.65. The fourth-order valence-corrected chi connectivity index (χ4v) is 7.92. The van der Waals surface area contributed by atoms with Gasteiger partial charge in [0.2, 0.25) is 0 Å². The summed E-state index contributed by atoms with van der Waals surface area (Å²) in [6.07, 6.45) is 0. The molecule has 0 fully saturated rings. The minimum Gasteiger partial charge on any atom is -0.478 e. The summed E-state index contributed by atoms with van der Waals surface area (Å²) in [7, 11) is 0. The van der Waals surface area contributed by atoms with Crippen molar-refractivity contribution >= 4 is 91.9 Å². The van der Waals surface area contributed by atoms with Crippen LogP contribution in [0.15, 0.2) is 48.5 Å². The molecule has 4 aromatic carbocycles. The van der Waals surface area contributed by atoms with Crippen molar-refractivity contribution < 1.29 is 96.3 Å². The minimum absolute atomic E-state index is 0. The van der Waals surface area contributed by atoms with E-state index in [9.17, 15) is 79.2 Å². The number of carboxylic acid groups (broad SMARTS) is 8. The fourth-order valence-electron chi connectivity index (χ4n) is 7.92. The number of aromatic amines is 2. The molecule has 65 heavy (non-hydrogen) atoms. The number of aromatic nitrogens is 8. The maximum absolute atomic E-state index is 13.1. The van der Waals surface area contributed by atoms with E-state index < -0.39 is 137 Å². The Morgan fingerprint density at radius 1 is 0.338 bits per heavy atom. The maximum Gasteiger partial charge on any atom is 2.00 e. The van der Waals surface area contributed by atoms with Gasteiger partial charge in [0.25, 0.3) is 0 Å². The van der Waals surface area contributed by atoms with Crippen molar-refractivity contribution in [2.24, 2.45) is 0 Å². The molecule has 0 saturated carbocycles. The molecule has 3 aromatic heterocycles. The van der Waals surface area contributed by atoms with E-state index in [4.69, 9.17) is 0 Å². The number of H-pyrrole nitrogens is 2. The molecule has 24 nitrogen and oxygen atoms in total. The Morgan fingerprint density at radius 2 is 0.615 bits per heavy atom. The Balaban J connectivity index is 0.00000576. The van der Waals surface area contributed by atoms with Gasteiger partial charge in [-0.3, -0.25) is 0 Å². The number of carboxylic acids is 8. The number of aromatic carboxylic acids is 8. The van der Waals surface area contributed by atoms with Crippen LogP contribution in [0.3, 0.4) is 0 Å². The van der Waals surface area contributed by atoms with Crippen LogP contribution in [0, 0.1) is 0 Å². The molecule has 10 N–H and O–H groups in total. The summed E-state index contributed by atoms with van der Waals surface area (Å²) in [6.45, 7) is 0. The molecule has 0 aliphatic carbocycles. The van der Waals surface area contributed by atoms with E-state index in [-0.39, 0.29) is 51.0 Å². The summed E-state index contributed by atoms with van der Waals surface area (Å²) < 4.78 is 0. The Bertz CT molecular complexity index is 3670. The molecule has 2 aliphatic heterocycles. The molecule has 2 aliphatic rings. The molecule has 8 bridgehead atoms. The quantitative estimate of drug-likeness (QED) is 0.0941. The molecule has 25 heteroatoms. The monoisotopic (exact) mass is 922 g/mol. The second-order valence-corrected chi connectivity index (χ2v) is 13.6. The van der Waals surface area contributed by atoms with Crippen molar-refractivity contribution in [3.8, 4) is 45.6 Å². The van der Waals surface area contributed by atoms with Gasteiger partial charge in [-0.05, 0) is 0 Å². The summed E-state index contributed by atoms with van der Waals surface area (Å²) in [5.74, 6) is -19.5. The van der Waals surface area contributed by atoms with Crippen LogP contribution in [0.25, 0.3) is 89.7 Å². The number of nitrogens with zero attached hydrogens (tertiary/aromatic N) is 6. The van der Waals surface area contributed by atoms with E-state index in [1.165, 1.54) is 6.07 Å². The predicted octanol–water partition coefficient (Wildman–Crippen LogP) is 4.45. The van der Waals surface area contributed by atoms with Crippen molar-refractivity contribution in [3.63, 3.8) is 0 Å². The van der Waals surface area contributed by atoms with Crippen LogP contribution in [0.5, 0.6) is 0 Å². The van der Waals surface area contributed by atoms with Gasteiger partial charge in [-0.15, -0.1) is 0 Å². The van der Waals surface area contributed by atoms with Gasteiger partial charge in [-0.25, -0.2) is 68.3 Å². The van der Waals surface area contributed by atoms with E-state index in [0.717, 1.165) is 0 Å². The molecule has 0 spiro atoms. The third kappa shape index (κ3) is 6.14. The molecule has 0 atom stereocenters. The van der Waals surface area contributed by atoms with E-state index in [0.29, 0.717) is 10.9 Å². The number of rotatable bonds is 8. The molecule has 0 amide bonds. The molecule has 9 rings (SSSR count). The van der Waals surface area contributed by atoms with Gasteiger partial charge in [0.15, 0.2) is 23.3 Å². The van der Waals surface area contributed by atoms with Gasteiger partial charge >= 0.3 is 64.8 Å². The van der Waals surface area contributed by atoms with Crippen LogP contribution in [-0.2, 0) is 17.1 Å². The summed E-state index contributed by atoms with van der Waals surface area (Å²) in [5, 5.41) is 82.1. The summed E-state index contributed by atoms with van der Waals surface area (Å²) in [4.78, 5) is 136. The number of fused-ring (bicyclic) bond motifs is 20. The largest absolute Gasteiger partial charge is 2.00 e. The van der Waals surface area contributed by atoms with Crippen molar-refractivity contribution in [1.82, 2.24) is 39.9 Å². The van der Waals surface area contributed by atoms with Crippen LogP contribution in [0.1, 0.15) is 82.9 Å². The zero-order valence-electron chi connectivity index (χ0n) is 31.5. The first-order valence-corrected chi connectivity index (χ1v) is 17.8. The first-order valence-electron chi connectivity index (χ1n) is 17.8. The number of carbonyl (C=O) groups is 8. The van der Waals surface area contributed by atoms with Crippen molar-refractivity contribution in [2.45, 2.75) is 0 Å². The van der Waals surface area contributed by atoms with Gasteiger partial charge in [-0.2, -0.15) is 0 Å². The van der Waals surface area contributed by atoms with Crippen LogP contribution >= 0.6 is 0 Å². The molecule has 0 radical (unpaired) electrons. The number of hydrogen-bond donors (Lipinski definition) is 10. The van der Waals surface area contributed by atoms with Gasteiger partial charge in [0.05, 0.1) is 44.5 Å². The summed E-state index contributed by atoms with van der Waals surface area (Å²) in [6, 6.07) is 12.7. The fraction of sp³-hybridized carbons (Fsp3) is 0. The number of nitrogens with one attached hydrogen (secondary N) is 2. The van der Waals surface area contributed by atoms with E-state index >= 15 is 0 Å². The predicted molar refractivity (Wildman–Crippen MR) is 212 cm³/mol. The SMILES string of the molecule is O=C(O)c1c(C(=O)O)c(C(=O)O)c2c(c1C(=O)O)-c1nc-2nc2[nH]c(nc3nc(nc4[nH]c(n1)c1ccccc41)-c1ccccc1-3)c1c(C(=O)O)c(C(=O)O)c(C(=O)O)c(C(=O)O)c21.[Fe+2]. The molecule has 5 heterocycles. The average molecular weight is 922 g/mol. The molecular formula is C40H18FeN8O16+2.